The molecule has 0 aliphatic heterocycles. The first-order valence-corrected chi connectivity index (χ1v) is 5.74. The Bertz CT molecular complexity index is 466. The van der Waals surface area contributed by atoms with Crippen LogP contribution in [0, 0.1) is 5.82 Å². The molecule has 0 saturated heterocycles. The number of nitrogens with one attached hydrogen (secondary N) is 1. The summed E-state index contributed by atoms with van der Waals surface area (Å²) in [5.41, 5.74) is 0.0928. The number of hydrogen-bond donors (Lipinski definition) is 2. The monoisotopic (exact) mass is 319 g/mol. The molecule has 0 spiro atoms. The minimum absolute atomic E-state index is 0.0928. The van der Waals surface area contributed by atoms with Crippen molar-refractivity contribution in [3.63, 3.8) is 0 Å². The molecule has 7 heteroatoms. The molecule has 0 aliphatic carbocycles. The number of carbonyl (C=O) groups excluding carboxylic acids is 1. The zero-order chi connectivity index (χ0) is 13.7. The molecule has 1 aromatic rings. The zero-order valence-corrected chi connectivity index (χ0v) is 11.0. The molecule has 0 fully saturated rings. The topological polar surface area (TPSA) is 75.6 Å². The molecule has 2 N–H and O–H groups in total. The number of rotatable bonds is 5. The van der Waals surface area contributed by atoms with E-state index >= 15 is 0 Å². The summed E-state index contributed by atoms with van der Waals surface area (Å²) in [5, 5.41) is 11.1. The summed E-state index contributed by atoms with van der Waals surface area (Å²) in [5.74, 6) is -2.31. The molecule has 1 rings (SSSR count). The fraction of sp³-hybridized carbons (Fsp3) is 0.273. The molecule has 0 bridgehead atoms. The zero-order valence-electron chi connectivity index (χ0n) is 9.44. The fourth-order valence-corrected chi connectivity index (χ4v) is 1.65. The lowest BCUT2D eigenvalue weighted by Gasteiger charge is -2.12. The van der Waals surface area contributed by atoms with Crippen molar-refractivity contribution < 1.29 is 23.8 Å². The molecule has 18 heavy (non-hydrogen) atoms. The van der Waals surface area contributed by atoms with Gasteiger partial charge in [0.25, 0.3) is 5.91 Å². The van der Waals surface area contributed by atoms with Crippen molar-refractivity contribution in [2.45, 2.75) is 6.10 Å². The van der Waals surface area contributed by atoms with E-state index < -0.39 is 23.8 Å². The highest BCUT2D eigenvalue weighted by molar-refractivity contribution is 9.10. The molecule has 98 valence electrons. The Labute approximate surface area is 111 Å². The predicted molar refractivity (Wildman–Crippen MR) is 64.9 cm³/mol. The standard InChI is InChI=1S/C11H11BrFNO4/c1-18-9(11(16)17)5-14-10(15)7-4-6(13)2-3-8(7)12/h2-4,9H,5H2,1H3,(H,14,15)(H,16,17). The van der Waals surface area contributed by atoms with Crippen molar-refractivity contribution >= 4 is 27.8 Å². The van der Waals surface area contributed by atoms with Crippen molar-refractivity contribution in [1.29, 1.82) is 0 Å². The lowest BCUT2D eigenvalue weighted by atomic mass is 10.2. The first-order chi connectivity index (χ1) is 8.45. The Kier molecular flexibility index (Phi) is 5.24. The summed E-state index contributed by atoms with van der Waals surface area (Å²) in [4.78, 5) is 22.4. The average molecular weight is 320 g/mol. The number of benzene rings is 1. The summed E-state index contributed by atoms with van der Waals surface area (Å²) in [6, 6.07) is 3.66. The van der Waals surface area contributed by atoms with Gasteiger partial charge in [0.1, 0.15) is 5.82 Å². The number of aliphatic carboxylic acids is 1. The summed E-state index contributed by atoms with van der Waals surface area (Å²) < 4.78 is 18.1. The van der Waals surface area contributed by atoms with Crippen LogP contribution in [0.5, 0.6) is 0 Å². The van der Waals surface area contributed by atoms with Crippen LogP contribution in [0.4, 0.5) is 4.39 Å². The van der Waals surface area contributed by atoms with Crippen molar-refractivity contribution in [1.82, 2.24) is 5.32 Å². The molecule has 1 amide bonds. The van der Waals surface area contributed by atoms with E-state index in [1.807, 2.05) is 0 Å². The van der Waals surface area contributed by atoms with Crippen LogP contribution < -0.4 is 5.32 Å². The number of halogens is 2. The van der Waals surface area contributed by atoms with Gasteiger partial charge in [-0.1, -0.05) is 0 Å². The Morgan fingerprint density at radius 3 is 2.78 bits per heavy atom. The highest BCUT2D eigenvalue weighted by Crippen LogP contribution is 2.17. The minimum atomic E-state index is -1.18. The van der Waals surface area contributed by atoms with Gasteiger partial charge < -0.3 is 15.2 Å². The van der Waals surface area contributed by atoms with E-state index in [1.165, 1.54) is 19.2 Å². The van der Waals surface area contributed by atoms with Gasteiger partial charge in [0.2, 0.25) is 0 Å². The van der Waals surface area contributed by atoms with E-state index in [1.54, 1.807) is 0 Å². The van der Waals surface area contributed by atoms with Crippen LogP contribution in [-0.2, 0) is 9.53 Å². The molecule has 0 saturated carbocycles. The van der Waals surface area contributed by atoms with Crippen molar-refractivity contribution in [3.8, 4) is 0 Å². The number of hydrogen-bond acceptors (Lipinski definition) is 3. The van der Waals surface area contributed by atoms with Crippen LogP contribution in [0.25, 0.3) is 0 Å². The number of carboxylic acids is 1. The predicted octanol–water partition coefficient (Wildman–Crippen LogP) is 1.42. The van der Waals surface area contributed by atoms with Crippen molar-refractivity contribution in [3.05, 3.63) is 34.1 Å². The number of carboxylic acid groups (broad SMARTS) is 1. The lowest BCUT2D eigenvalue weighted by molar-refractivity contribution is -0.148. The van der Waals surface area contributed by atoms with Gasteiger partial charge in [-0.25, -0.2) is 9.18 Å². The number of methoxy groups -OCH3 is 1. The molecule has 0 aromatic heterocycles. The molecule has 1 unspecified atom stereocenters. The summed E-state index contributed by atoms with van der Waals surface area (Å²) in [6.07, 6.45) is -1.14. The Morgan fingerprint density at radius 2 is 2.22 bits per heavy atom. The van der Waals surface area contributed by atoms with Crippen LogP contribution in [0.1, 0.15) is 10.4 Å². The van der Waals surface area contributed by atoms with Crippen LogP contribution in [-0.4, -0.2) is 36.7 Å². The molecular formula is C11H11BrFNO4. The van der Waals surface area contributed by atoms with Gasteiger partial charge in [0, 0.05) is 11.6 Å². The Hall–Kier alpha value is -1.47. The third-order valence-corrected chi connectivity index (χ3v) is 2.87. The van der Waals surface area contributed by atoms with E-state index in [9.17, 15) is 14.0 Å². The molecule has 0 heterocycles. The molecule has 0 aliphatic rings. The molecule has 1 atom stereocenters. The van der Waals surface area contributed by atoms with E-state index in [-0.39, 0.29) is 12.1 Å². The maximum absolute atomic E-state index is 13.0. The first kappa shape index (κ1) is 14.6. The van der Waals surface area contributed by atoms with Gasteiger partial charge >= 0.3 is 5.97 Å². The third kappa shape index (κ3) is 3.78. The molecule has 5 nitrogen and oxygen atoms in total. The van der Waals surface area contributed by atoms with Crippen LogP contribution in [0.15, 0.2) is 22.7 Å². The van der Waals surface area contributed by atoms with E-state index in [0.29, 0.717) is 4.47 Å². The second kappa shape index (κ2) is 6.46. The summed E-state index contributed by atoms with van der Waals surface area (Å²) >= 11 is 3.11. The van der Waals surface area contributed by atoms with Crippen molar-refractivity contribution in [2.75, 3.05) is 13.7 Å². The highest BCUT2D eigenvalue weighted by atomic mass is 79.9. The Morgan fingerprint density at radius 1 is 1.56 bits per heavy atom. The number of ether oxygens (including phenoxy) is 1. The van der Waals surface area contributed by atoms with Gasteiger partial charge in [-0.15, -0.1) is 0 Å². The van der Waals surface area contributed by atoms with Crippen molar-refractivity contribution in [2.24, 2.45) is 0 Å². The van der Waals surface area contributed by atoms with E-state index in [2.05, 4.69) is 26.0 Å². The molecule has 1 aromatic carbocycles. The van der Waals surface area contributed by atoms with Crippen LogP contribution >= 0.6 is 15.9 Å². The fourth-order valence-electron chi connectivity index (χ4n) is 1.22. The maximum Gasteiger partial charge on any atom is 0.334 e. The third-order valence-electron chi connectivity index (χ3n) is 2.18. The minimum Gasteiger partial charge on any atom is -0.479 e. The quantitative estimate of drug-likeness (QED) is 0.860. The second-order valence-electron chi connectivity index (χ2n) is 3.40. The molecule has 0 radical (unpaired) electrons. The Balaban J connectivity index is 2.71. The molecular weight excluding hydrogens is 309 g/mol. The first-order valence-electron chi connectivity index (χ1n) is 4.94. The van der Waals surface area contributed by atoms with Gasteiger partial charge in [0.15, 0.2) is 6.10 Å². The van der Waals surface area contributed by atoms with E-state index in [0.717, 1.165) is 6.07 Å². The normalized spacial score (nSPS) is 11.9. The van der Waals surface area contributed by atoms with E-state index in [4.69, 9.17) is 5.11 Å². The van der Waals surface area contributed by atoms with Crippen LogP contribution in [0.2, 0.25) is 0 Å². The number of carbonyl (C=O) groups is 2. The van der Waals surface area contributed by atoms with Gasteiger partial charge in [0.05, 0.1) is 12.1 Å². The average Bonchev–Trinajstić information content (AvgIpc) is 2.32. The summed E-state index contributed by atoms with van der Waals surface area (Å²) in [6.45, 7) is -0.201. The van der Waals surface area contributed by atoms with Gasteiger partial charge in [-0.2, -0.15) is 0 Å². The maximum atomic E-state index is 13.0. The van der Waals surface area contributed by atoms with Gasteiger partial charge in [-0.05, 0) is 34.1 Å². The highest BCUT2D eigenvalue weighted by Gasteiger charge is 2.18. The van der Waals surface area contributed by atoms with Crippen LogP contribution in [0.3, 0.4) is 0 Å². The lowest BCUT2D eigenvalue weighted by Crippen LogP contribution is -2.37. The largest absolute Gasteiger partial charge is 0.479 e. The van der Waals surface area contributed by atoms with Gasteiger partial charge in [-0.3, -0.25) is 4.79 Å². The second-order valence-corrected chi connectivity index (χ2v) is 4.25. The smallest absolute Gasteiger partial charge is 0.334 e. The number of amides is 1. The SMILES string of the molecule is COC(CNC(=O)c1cc(F)ccc1Br)C(=O)O. The summed E-state index contributed by atoms with van der Waals surface area (Å²) in [7, 11) is 1.23.